The van der Waals surface area contributed by atoms with E-state index in [0.29, 0.717) is 38.5 Å². The van der Waals surface area contributed by atoms with Gasteiger partial charge in [0.2, 0.25) is 10.0 Å². The van der Waals surface area contributed by atoms with Crippen molar-refractivity contribution >= 4 is 21.7 Å². The summed E-state index contributed by atoms with van der Waals surface area (Å²) < 4.78 is 64.5. The molecule has 1 amide bonds. The molecule has 0 saturated carbocycles. The van der Waals surface area contributed by atoms with Gasteiger partial charge in [-0.05, 0) is 43.4 Å². The third-order valence-electron chi connectivity index (χ3n) is 5.03. The lowest BCUT2D eigenvalue weighted by Gasteiger charge is -2.31. The predicted molar refractivity (Wildman–Crippen MR) is 113 cm³/mol. The first-order valence-electron chi connectivity index (χ1n) is 9.91. The van der Waals surface area contributed by atoms with E-state index in [1.807, 2.05) is 7.05 Å². The van der Waals surface area contributed by atoms with Crippen LogP contribution in [-0.2, 0) is 16.2 Å². The third kappa shape index (κ3) is 5.96. The van der Waals surface area contributed by atoms with E-state index in [9.17, 15) is 26.4 Å². The van der Waals surface area contributed by atoms with Crippen LogP contribution in [-0.4, -0.2) is 74.8 Å². The first-order chi connectivity index (χ1) is 15.1. The second-order valence-corrected chi connectivity index (χ2v) is 9.28. The number of pyridine rings is 1. The second kappa shape index (κ2) is 9.84. The van der Waals surface area contributed by atoms with Crippen LogP contribution >= 0.6 is 0 Å². The zero-order chi connectivity index (χ0) is 23.4. The van der Waals surface area contributed by atoms with Gasteiger partial charge in [0.25, 0.3) is 5.91 Å². The van der Waals surface area contributed by atoms with E-state index >= 15 is 0 Å². The lowest BCUT2D eigenvalue weighted by Crippen LogP contribution is -2.47. The SMILES string of the molecule is CN1CCN(S(=O)(=O)c2ccc(NCCNC(=O)c3ccc(C(F)(F)F)cc3)nc2)CC1. The average molecular weight is 472 g/mol. The summed E-state index contributed by atoms with van der Waals surface area (Å²) in [6.45, 7) is 2.69. The van der Waals surface area contributed by atoms with E-state index in [0.717, 1.165) is 24.3 Å². The number of carbonyl (C=O) groups is 1. The molecule has 1 aliphatic heterocycles. The van der Waals surface area contributed by atoms with Crippen molar-refractivity contribution in [2.24, 2.45) is 0 Å². The van der Waals surface area contributed by atoms with Crippen molar-refractivity contribution in [2.45, 2.75) is 11.1 Å². The number of amides is 1. The van der Waals surface area contributed by atoms with E-state index < -0.39 is 27.7 Å². The number of nitrogens with zero attached hydrogens (tertiary/aromatic N) is 3. The molecule has 8 nitrogen and oxygen atoms in total. The van der Waals surface area contributed by atoms with Crippen molar-refractivity contribution < 1.29 is 26.4 Å². The zero-order valence-electron chi connectivity index (χ0n) is 17.4. The molecular weight excluding hydrogens is 447 g/mol. The van der Waals surface area contributed by atoms with Gasteiger partial charge in [0.1, 0.15) is 10.7 Å². The van der Waals surface area contributed by atoms with Gasteiger partial charge in [0.15, 0.2) is 0 Å². The molecule has 1 saturated heterocycles. The number of anilines is 1. The molecule has 12 heteroatoms. The quantitative estimate of drug-likeness (QED) is 0.599. The normalized spacial score (nSPS) is 16.0. The number of carbonyl (C=O) groups excluding carboxylic acids is 1. The fourth-order valence-electron chi connectivity index (χ4n) is 3.09. The van der Waals surface area contributed by atoms with Gasteiger partial charge in [0.05, 0.1) is 5.56 Å². The smallest absolute Gasteiger partial charge is 0.368 e. The molecule has 1 aliphatic rings. The molecule has 0 spiro atoms. The van der Waals surface area contributed by atoms with Crippen molar-refractivity contribution in [2.75, 3.05) is 51.6 Å². The fourth-order valence-corrected chi connectivity index (χ4v) is 4.46. The molecule has 2 aromatic rings. The highest BCUT2D eigenvalue weighted by Crippen LogP contribution is 2.29. The molecule has 3 rings (SSSR count). The van der Waals surface area contributed by atoms with Gasteiger partial charge in [-0.2, -0.15) is 17.5 Å². The second-order valence-electron chi connectivity index (χ2n) is 7.34. The Balaban J connectivity index is 1.47. The topological polar surface area (TPSA) is 94.6 Å². The number of alkyl halides is 3. The maximum Gasteiger partial charge on any atom is 0.416 e. The monoisotopic (exact) mass is 471 g/mol. The van der Waals surface area contributed by atoms with Crippen molar-refractivity contribution in [3.8, 4) is 0 Å². The van der Waals surface area contributed by atoms with Gasteiger partial charge in [-0.1, -0.05) is 0 Å². The summed E-state index contributed by atoms with van der Waals surface area (Å²) in [6.07, 6.45) is -3.16. The summed E-state index contributed by atoms with van der Waals surface area (Å²) in [4.78, 5) is 18.3. The lowest BCUT2D eigenvalue weighted by molar-refractivity contribution is -0.137. The molecule has 0 aliphatic carbocycles. The van der Waals surface area contributed by atoms with Crippen molar-refractivity contribution in [1.29, 1.82) is 0 Å². The summed E-state index contributed by atoms with van der Waals surface area (Å²) >= 11 is 0. The average Bonchev–Trinajstić information content (AvgIpc) is 2.77. The summed E-state index contributed by atoms with van der Waals surface area (Å²) in [7, 11) is -1.65. The molecule has 0 atom stereocenters. The minimum Gasteiger partial charge on any atom is -0.368 e. The number of halogens is 3. The largest absolute Gasteiger partial charge is 0.416 e. The van der Waals surface area contributed by atoms with Gasteiger partial charge in [-0.3, -0.25) is 4.79 Å². The van der Waals surface area contributed by atoms with E-state index in [1.165, 1.54) is 16.6 Å². The van der Waals surface area contributed by atoms with Crippen molar-refractivity contribution in [1.82, 2.24) is 19.5 Å². The number of benzene rings is 1. The molecule has 1 aromatic heterocycles. The predicted octanol–water partition coefficient (Wildman–Crippen LogP) is 1.88. The highest BCUT2D eigenvalue weighted by molar-refractivity contribution is 7.89. The summed E-state index contributed by atoms with van der Waals surface area (Å²) in [6, 6.07) is 6.97. The Morgan fingerprint density at radius 2 is 1.69 bits per heavy atom. The van der Waals surface area contributed by atoms with Crippen LogP contribution in [0.2, 0.25) is 0 Å². The first-order valence-corrected chi connectivity index (χ1v) is 11.4. The van der Waals surface area contributed by atoms with Gasteiger partial charge >= 0.3 is 6.18 Å². The Morgan fingerprint density at radius 3 is 2.25 bits per heavy atom. The summed E-state index contributed by atoms with van der Waals surface area (Å²) in [5.74, 6) is -0.0618. The molecule has 0 unspecified atom stereocenters. The van der Waals surface area contributed by atoms with Crippen LogP contribution in [0.4, 0.5) is 19.0 Å². The fraction of sp³-hybridized carbons (Fsp3) is 0.400. The number of likely N-dealkylation sites (N-methyl/N-ethyl adjacent to an activating group) is 1. The van der Waals surface area contributed by atoms with Crippen molar-refractivity contribution in [3.63, 3.8) is 0 Å². The minimum atomic E-state index is -4.45. The molecule has 32 heavy (non-hydrogen) atoms. The van der Waals surface area contributed by atoms with Crippen LogP contribution in [0, 0.1) is 0 Å². The van der Waals surface area contributed by atoms with Gasteiger partial charge in [-0.15, -0.1) is 0 Å². The standard InChI is InChI=1S/C20H24F3N5O3S/c1-27-10-12-28(13-11-27)32(30,31)17-6-7-18(26-14-17)24-8-9-25-19(29)15-2-4-16(5-3-15)20(21,22)23/h2-7,14H,8-13H2,1H3,(H,24,26)(H,25,29). The molecule has 2 heterocycles. The Kier molecular flexibility index (Phi) is 7.36. The van der Waals surface area contributed by atoms with Crippen molar-refractivity contribution in [3.05, 3.63) is 53.7 Å². The first kappa shape index (κ1) is 24.0. The molecular formula is C20H24F3N5O3S. The number of piperazine rings is 1. The molecule has 1 fully saturated rings. The van der Waals surface area contributed by atoms with Crippen LogP contribution in [0.15, 0.2) is 47.5 Å². The number of hydrogen-bond donors (Lipinski definition) is 2. The lowest BCUT2D eigenvalue weighted by atomic mass is 10.1. The summed E-state index contributed by atoms with van der Waals surface area (Å²) in [5, 5.41) is 5.55. The molecule has 2 N–H and O–H groups in total. The van der Waals surface area contributed by atoms with E-state index in [2.05, 4.69) is 20.5 Å². The van der Waals surface area contributed by atoms with E-state index in [-0.39, 0.29) is 17.0 Å². The number of rotatable bonds is 7. The molecule has 0 radical (unpaired) electrons. The van der Waals surface area contributed by atoms with E-state index in [4.69, 9.17) is 0 Å². The Bertz CT molecular complexity index is 1020. The molecule has 174 valence electrons. The Morgan fingerprint density at radius 1 is 1.03 bits per heavy atom. The van der Waals surface area contributed by atoms with Crippen LogP contribution in [0.5, 0.6) is 0 Å². The maximum atomic E-state index is 12.7. The molecule has 0 bridgehead atoms. The molecule has 1 aromatic carbocycles. The van der Waals surface area contributed by atoms with E-state index in [1.54, 1.807) is 6.07 Å². The van der Waals surface area contributed by atoms with Crippen LogP contribution in [0.1, 0.15) is 15.9 Å². The van der Waals surface area contributed by atoms with Gasteiger partial charge < -0.3 is 15.5 Å². The minimum absolute atomic E-state index is 0.114. The van der Waals surface area contributed by atoms with Crippen LogP contribution in [0.25, 0.3) is 0 Å². The zero-order valence-corrected chi connectivity index (χ0v) is 18.2. The highest BCUT2D eigenvalue weighted by atomic mass is 32.2. The van der Waals surface area contributed by atoms with Gasteiger partial charge in [-0.25, -0.2) is 13.4 Å². The Hall–Kier alpha value is -2.70. The van der Waals surface area contributed by atoms with Crippen LogP contribution in [0.3, 0.4) is 0 Å². The van der Waals surface area contributed by atoms with Gasteiger partial charge in [0, 0.05) is 51.0 Å². The van der Waals surface area contributed by atoms with Crippen LogP contribution < -0.4 is 10.6 Å². The number of hydrogen-bond acceptors (Lipinski definition) is 6. The number of sulfonamides is 1. The number of nitrogens with one attached hydrogen (secondary N) is 2. The highest BCUT2D eigenvalue weighted by Gasteiger charge is 2.30. The third-order valence-corrected chi connectivity index (χ3v) is 6.91. The maximum absolute atomic E-state index is 12.7. The Labute approximate surface area is 184 Å². The number of aromatic nitrogens is 1. The summed E-state index contributed by atoms with van der Waals surface area (Å²) in [5.41, 5.74) is -0.700.